The maximum absolute atomic E-state index is 11.6. The van der Waals surface area contributed by atoms with Gasteiger partial charge < -0.3 is 15.4 Å². The van der Waals surface area contributed by atoms with Gasteiger partial charge in [-0.1, -0.05) is 12.1 Å². The van der Waals surface area contributed by atoms with Gasteiger partial charge in [0.05, 0.1) is 19.3 Å². The van der Waals surface area contributed by atoms with Crippen molar-refractivity contribution < 1.29 is 4.74 Å². The Morgan fingerprint density at radius 3 is 2.77 bits per heavy atom. The number of anilines is 2. The van der Waals surface area contributed by atoms with Crippen molar-refractivity contribution in [2.75, 3.05) is 17.7 Å². The number of aromatic amines is 1. The maximum atomic E-state index is 11.6. The number of aromatic nitrogens is 4. The van der Waals surface area contributed by atoms with E-state index in [1.54, 1.807) is 7.11 Å². The predicted octanol–water partition coefficient (Wildman–Crippen LogP) is 1.26. The highest BCUT2D eigenvalue weighted by Gasteiger charge is 2.23. The minimum Gasteiger partial charge on any atom is -0.497 e. The van der Waals surface area contributed by atoms with E-state index in [4.69, 9.17) is 10.5 Å². The first-order chi connectivity index (χ1) is 12.6. The highest BCUT2D eigenvalue weighted by atomic mass is 16.5. The quantitative estimate of drug-likeness (QED) is 0.729. The molecule has 3 aromatic rings. The Morgan fingerprint density at radius 2 is 2.04 bits per heavy atom. The highest BCUT2D eigenvalue weighted by Crippen LogP contribution is 2.25. The number of nitrogens with zero attached hydrogens (tertiary/aromatic N) is 4. The van der Waals surface area contributed by atoms with E-state index in [2.05, 4.69) is 19.9 Å². The number of hydrogen-bond donors (Lipinski definition) is 2. The first kappa shape index (κ1) is 16.1. The fraction of sp³-hybridized carbons (Fsp3) is 0.222. The molecule has 0 amide bonds. The van der Waals surface area contributed by atoms with Crippen LogP contribution in [0.15, 0.2) is 41.3 Å². The Balaban J connectivity index is 1.53. The molecule has 26 heavy (non-hydrogen) atoms. The summed E-state index contributed by atoms with van der Waals surface area (Å²) in [4.78, 5) is 29.4. The third-order valence-electron chi connectivity index (χ3n) is 4.30. The number of ether oxygens (including phenoxy) is 1. The lowest BCUT2D eigenvalue weighted by Crippen LogP contribution is -2.20. The molecule has 0 radical (unpaired) electrons. The lowest BCUT2D eigenvalue weighted by Gasteiger charge is -2.15. The minimum absolute atomic E-state index is 0.106. The van der Waals surface area contributed by atoms with E-state index < -0.39 is 0 Å². The summed E-state index contributed by atoms with van der Waals surface area (Å²) < 4.78 is 5.17. The van der Waals surface area contributed by atoms with Crippen molar-refractivity contribution in [3.8, 4) is 5.75 Å². The Kier molecular flexibility index (Phi) is 4.00. The van der Waals surface area contributed by atoms with Crippen LogP contribution in [0.25, 0.3) is 0 Å². The van der Waals surface area contributed by atoms with Gasteiger partial charge in [0.15, 0.2) is 0 Å². The zero-order chi connectivity index (χ0) is 18.1. The van der Waals surface area contributed by atoms with Crippen molar-refractivity contribution in [3.05, 3.63) is 69.5 Å². The molecule has 0 spiro atoms. The van der Waals surface area contributed by atoms with Crippen LogP contribution in [0.5, 0.6) is 5.75 Å². The SMILES string of the molecule is COc1ccc(Cc2ncc3c(n2)CN(c2cc(=O)[nH]c(N)n2)C3)cc1. The average molecular weight is 350 g/mol. The molecule has 1 aliphatic heterocycles. The van der Waals surface area contributed by atoms with Gasteiger partial charge in [-0.2, -0.15) is 4.98 Å². The molecule has 0 saturated carbocycles. The van der Waals surface area contributed by atoms with E-state index in [-0.39, 0.29) is 11.5 Å². The van der Waals surface area contributed by atoms with E-state index in [1.165, 1.54) is 6.07 Å². The zero-order valence-corrected chi connectivity index (χ0v) is 14.3. The van der Waals surface area contributed by atoms with Gasteiger partial charge in [0.25, 0.3) is 5.56 Å². The largest absolute Gasteiger partial charge is 0.497 e. The van der Waals surface area contributed by atoms with Gasteiger partial charge in [0.1, 0.15) is 17.4 Å². The summed E-state index contributed by atoms with van der Waals surface area (Å²) in [6.07, 6.45) is 2.49. The van der Waals surface area contributed by atoms with Crippen molar-refractivity contribution in [1.82, 2.24) is 19.9 Å². The molecular weight excluding hydrogens is 332 g/mol. The predicted molar refractivity (Wildman–Crippen MR) is 97.0 cm³/mol. The van der Waals surface area contributed by atoms with E-state index in [0.29, 0.717) is 25.3 Å². The molecule has 0 atom stereocenters. The smallest absolute Gasteiger partial charge is 0.254 e. The topological polar surface area (TPSA) is 110 Å². The van der Waals surface area contributed by atoms with Gasteiger partial charge >= 0.3 is 0 Å². The van der Waals surface area contributed by atoms with E-state index in [1.807, 2.05) is 35.4 Å². The summed E-state index contributed by atoms with van der Waals surface area (Å²) in [6.45, 7) is 1.18. The van der Waals surface area contributed by atoms with E-state index >= 15 is 0 Å². The lowest BCUT2D eigenvalue weighted by molar-refractivity contribution is 0.414. The Bertz CT molecular complexity index is 999. The second kappa shape index (κ2) is 6.47. The van der Waals surface area contributed by atoms with E-state index in [9.17, 15) is 4.79 Å². The number of hydrogen-bond acceptors (Lipinski definition) is 7. The van der Waals surface area contributed by atoms with Crippen molar-refractivity contribution in [3.63, 3.8) is 0 Å². The highest BCUT2D eigenvalue weighted by molar-refractivity contribution is 5.46. The molecule has 132 valence electrons. The van der Waals surface area contributed by atoms with Crippen molar-refractivity contribution >= 4 is 11.8 Å². The van der Waals surface area contributed by atoms with Crippen LogP contribution in [0.2, 0.25) is 0 Å². The first-order valence-electron chi connectivity index (χ1n) is 8.19. The Morgan fingerprint density at radius 1 is 1.23 bits per heavy atom. The molecule has 3 N–H and O–H groups in total. The first-order valence-corrected chi connectivity index (χ1v) is 8.19. The molecule has 0 unspecified atom stereocenters. The second-order valence-electron chi connectivity index (χ2n) is 6.13. The van der Waals surface area contributed by atoms with Gasteiger partial charge in [-0.15, -0.1) is 0 Å². The molecule has 0 aliphatic carbocycles. The van der Waals surface area contributed by atoms with Gasteiger partial charge in [0.2, 0.25) is 5.95 Å². The van der Waals surface area contributed by atoms with Crippen LogP contribution < -0.4 is 20.9 Å². The number of nitrogens with one attached hydrogen (secondary N) is 1. The third kappa shape index (κ3) is 3.21. The summed E-state index contributed by atoms with van der Waals surface area (Å²) in [5.41, 5.74) is 8.46. The van der Waals surface area contributed by atoms with Crippen LogP contribution >= 0.6 is 0 Å². The van der Waals surface area contributed by atoms with Crippen molar-refractivity contribution in [1.29, 1.82) is 0 Å². The standard InChI is InChI=1S/C18H18N6O2/c1-26-13-4-2-11(3-5-13)6-15-20-8-12-9-24(10-14(12)21-15)16-7-17(25)23-18(19)22-16/h2-5,7-8H,6,9-10H2,1H3,(H3,19,22,23,25). The molecule has 2 aromatic heterocycles. The summed E-state index contributed by atoms with van der Waals surface area (Å²) in [6, 6.07) is 9.30. The molecule has 8 nitrogen and oxygen atoms in total. The van der Waals surface area contributed by atoms with Crippen LogP contribution in [0.1, 0.15) is 22.6 Å². The molecule has 0 saturated heterocycles. The van der Waals surface area contributed by atoms with Crippen molar-refractivity contribution in [2.45, 2.75) is 19.5 Å². The molecule has 4 rings (SSSR count). The van der Waals surface area contributed by atoms with Gasteiger partial charge in [-0.3, -0.25) is 9.78 Å². The van der Waals surface area contributed by atoms with Crippen LogP contribution in [-0.2, 0) is 19.5 Å². The molecule has 0 fully saturated rings. The Hall–Kier alpha value is -3.42. The minimum atomic E-state index is -0.269. The molecule has 0 bridgehead atoms. The second-order valence-corrected chi connectivity index (χ2v) is 6.13. The number of nitrogen functional groups attached to an aromatic ring is 1. The van der Waals surface area contributed by atoms with Gasteiger partial charge in [0, 0.05) is 30.8 Å². The zero-order valence-electron chi connectivity index (χ0n) is 14.3. The van der Waals surface area contributed by atoms with Gasteiger partial charge in [-0.25, -0.2) is 9.97 Å². The number of fused-ring (bicyclic) bond motifs is 1. The summed E-state index contributed by atoms with van der Waals surface area (Å²) >= 11 is 0. The Labute approximate surface area is 149 Å². The maximum Gasteiger partial charge on any atom is 0.254 e. The number of rotatable bonds is 4. The molecule has 1 aromatic carbocycles. The fourth-order valence-corrected chi connectivity index (χ4v) is 2.99. The normalized spacial score (nSPS) is 12.9. The monoisotopic (exact) mass is 350 g/mol. The number of benzene rings is 1. The van der Waals surface area contributed by atoms with Crippen LogP contribution in [0.3, 0.4) is 0 Å². The number of methoxy groups -OCH3 is 1. The summed E-state index contributed by atoms with van der Waals surface area (Å²) in [5.74, 6) is 2.23. The summed E-state index contributed by atoms with van der Waals surface area (Å²) in [7, 11) is 1.65. The molecule has 1 aliphatic rings. The average Bonchev–Trinajstić information content (AvgIpc) is 3.05. The molecule has 8 heteroatoms. The van der Waals surface area contributed by atoms with Crippen LogP contribution in [-0.4, -0.2) is 27.0 Å². The molecular formula is C18H18N6O2. The number of nitrogens with two attached hydrogens (primary N) is 1. The summed E-state index contributed by atoms with van der Waals surface area (Å²) in [5, 5.41) is 0. The van der Waals surface area contributed by atoms with E-state index in [0.717, 1.165) is 28.4 Å². The number of H-pyrrole nitrogens is 1. The fourth-order valence-electron chi connectivity index (χ4n) is 2.99. The van der Waals surface area contributed by atoms with Crippen molar-refractivity contribution in [2.24, 2.45) is 0 Å². The van der Waals surface area contributed by atoms with Crippen LogP contribution in [0.4, 0.5) is 11.8 Å². The van der Waals surface area contributed by atoms with Gasteiger partial charge in [-0.05, 0) is 17.7 Å². The third-order valence-corrected chi connectivity index (χ3v) is 4.30. The lowest BCUT2D eigenvalue weighted by atomic mass is 10.1. The van der Waals surface area contributed by atoms with Crippen LogP contribution in [0, 0.1) is 0 Å². The molecule has 3 heterocycles.